The highest BCUT2D eigenvalue weighted by Gasteiger charge is 2.17. The lowest BCUT2D eigenvalue weighted by atomic mass is 10.1. The SMILES string of the molecule is C=CCc1cc(C=Nn2c([C@@H](C)CC)nc3ccc(Br)cc3c2=O)cc(OCC)c1O[C@@H](C)CC. The lowest BCUT2D eigenvalue weighted by Crippen LogP contribution is -2.23. The zero-order chi connectivity index (χ0) is 25.5. The van der Waals surface area contributed by atoms with E-state index in [1.54, 1.807) is 12.3 Å². The molecule has 0 saturated heterocycles. The first-order chi connectivity index (χ1) is 16.8. The molecule has 0 saturated carbocycles. The Morgan fingerprint density at radius 1 is 1.17 bits per heavy atom. The molecule has 0 unspecified atom stereocenters. The van der Waals surface area contributed by atoms with Crippen LogP contribution < -0.4 is 15.0 Å². The number of hydrogen-bond donors (Lipinski definition) is 0. The predicted molar refractivity (Wildman–Crippen MR) is 147 cm³/mol. The Labute approximate surface area is 215 Å². The normalized spacial score (nSPS) is 13.2. The van der Waals surface area contributed by atoms with E-state index in [-0.39, 0.29) is 17.6 Å². The maximum absolute atomic E-state index is 13.4. The minimum atomic E-state index is -0.198. The van der Waals surface area contributed by atoms with Crippen molar-refractivity contribution in [3.8, 4) is 11.5 Å². The fourth-order valence-corrected chi connectivity index (χ4v) is 4.01. The van der Waals surface area contributed by atoms with Crippen molar-refractivity contribution in [1.82, 2.24) is 9.66 Å². The Morgan fingerprint density at radius 3 is 2.60 bits per heavy atom. The maximum Gasteiger partial charge on any atom is 0.282 e. The van der Waals surface area contributed by atoms with Gasteiger partial charge in [-0.2, -0.15) is 9.78 Å². The summed E-state index contributed by atoms with van der Waals surface area (Å²) in [5, 5.41) is 5.13. The summed E-state index contributed by atoms with van der Waals surface area (Å²) in [6.45, 7) is 14.6. The van der Waals surface area contributed by atoms with E-state index in [1.807, 2.05) is 44.2 Å². The Morgan fingerprint density at radius 2 is 1.94 bits per heavy atom. The molecule has 7 heteroatoms. The lowest BCUT2D eigenvalue weighted by molar-refractivity contribution is 0.201. The predicted octanol–water partition coefficient (Wildman–Crippen LogP) is 6.86. The first-order valence-electron chi connectivity index (χ1n) is 12.2. The third-order valence-corrected chi connectivity index (χ3v) is 6.41. The zero-order valence-electron chi connectivity index (χ0n) is 21.2. The number of nitrogens with zero attached hydrogens (tertiary/aromatic N) is 3. The van der Waals surface area contributed by atoms with Gasteiger partial charge in [0.25, 0.3) is 5.56 Å². The van der Waals surface area contributed by atoms with Crippen molar-refractivity contribution >= 4 is 33.0 Å². The molecule has 2 atom stereocenters. The van der Waals surface area contributed by atoms with Gasteiger partial charge in [0.1, 0.15) is 5.82 Å². The number of fused-ring (bicyclic) bond motifs is 1. The molecule has 0 aliphatic rings. The molecule has 3 aromatic rings. The quantitative estimate of drug-likeness (QED) is 0.197. The molecule has 0 bridgehead atoms. The highest BCUT2D eigenvalue weighted by molar-refractivity contribution is 9.10. The molecule has 1 aromatic heterocycles. The van der Waals surface area contributed by atoms with Gasteiger partial charge in [-0.1, -0.05) is 42.8 Å². The van der Waals surface area contributed by atoms with Crippen molar-refractivity contribution in [2.45, 2.75) is 65.9 Å². The van der Waals surface area contributed by atoms with Gasteiger partial charge < -0.3 is 9.47 Å². The van der Waals surface area contributed by atoms with Gasteiger partial charge in [0.15, 0.2) is 11.5 Å². The van der Waals surface area contributed by atoms with Gasteiger partial charge in [0.05, 0.1) is 29.8 Å². The Hall–Kier alpha value is -2.93. The second-order valence-corrected chi connectivity index (χ2v) is 9.49. The monoisotopic (exact) mass is 539 g/mol. The number of hydrogen-bond acceptors (Lipinski definition) is 5. The number of benzene rings is 2. The highest BCUT2D eigenvalue weighted by Crippen LogP contribution is 2.35. The molecule has 0 N–H and O–H groups in total. The van der Waals surface area contributed by atoms with Crippen molar-refractivity contribution in [1.29, 1.82) is 0 Å². The summed E-state index contributed by atoms with van der Waals surface area (Å²) in [5.41, 5.74) is 2.23. The molecule has 186 valence electrons. The first-order valence-corrected chi connectivity index (χ1v) is 13.0. The van der Waals surface area contributed by atoms with E-state index in [1.165, 1.54) is 4.68 Å². The van der Waals surface area contributed by atoms with Crippen LogP contribution in [0, 0.1) is 0 Å². The van der Waals surface area contributed by atoms with Gasteiger partial charge in [0, 0.05) is 16.0 Å². The van der Waals surface area contributed by atoms with E-state index in [0.29, 0.717) is 35.5 Å². The lowest BCUT2D eigenvalue weighted by Gasteiger charge is -2.20. The van der Waals surface area contributed by atoms with Crippen molar-refractivity contribution in [3.63, 3.8) is 0 Å². The van der Waals surface area contributed by atoms with Gasteiger partial charge in [-0.3, -0.25) is 4.79 Å². The summed E-state index contributed by atoms with van der Waals surface area (Å²) >= 11 is 3.45. The van der Waals surface area contributed by atoms with E-state index in [4.69, 9.17) is 14.5 Å². The van der Waals surface area contributed by atoms with E-state index in [2.05, 4.69) is 48.4 Å². The molecule has 0 spiro atoms. The van der Waals surface area contributed by atoms with Crippen LogP contribution in [0.3, 0.4) is 0 Å². The number of rotatable bonds is 11. The van der Waals surface area contributed by atoms with E-state index in [0.717, 1.165) is 34.2 Å². The summed E-state index contributed by atoms with van der Waals surface area (Å²) in [6, 6.07) is 9.43. The molecular weight excluding hydrogens is 506 g/mol. The van der Waals surface area contributed by atoms with Crippen molar-refractivity contribution in [2.75, 3.05) is 6.61 Å². The van der Waals surface area contributed by atoms with E-state index >= 15 is 0 Å². The number of halogens is 1. The van der Waals surface area contributed by atoms with Crippen LogP contribution >= 0.6 is 15.9 Å². The van der Waals surface area contributed by atoms with Crippen LogP contribution in [0.25, 0.3) is 10.9 Å². The summed E-state index contributed by atoms with van der Waals surface area (Å²) in [6.07, 6.45) is 5.92. The Kier molecular flexibility index (Phi) is 9.26. The molecule has 0 fully saturated rings. The topological polar surface area (TPSA) is 65.7 Å². The molecule has 0 amide bonds. The second-order valence-electron chi connectivity index (χ2n) is 8.57. The van der Waals surface area contributed by atoms with Gasteiger partial charge >= 0.3 is 0 Å². The van der Waals surface area contributed by atoms with Crippen LogP contribution in [-0.2, 0) is 6.42 Å². The van der Waals surface area contributed by atoms with Gasteiger partial charge in [-0.05, 0) is 69.0 Å². The molecular formula is C28H34BrN3O3. The molecule has 0 radical (unpaired) electrons. The standard InChI is InChI=1S/C28H34BrN3O3/c1-7-11-21-14-20(15-25(34-10-4)26(21)35-19(6)9-3)17-30-32-27(18(5)8-2)31-24-13-12-22(29)16-23(24)28(32)33/h7,12-19H,1,8-11H2,2-6H3/t18-,19-/m0/s1. The van der Waals surface area contributed by atoms with Gasteiger partial charge in [0.2, 0.25) is 0 Å². The second kappa shape index (κ2) is 12.2. The summed E-state index contributed by atoms with van der Waals surface area (Å²) in [5.74, 6) is 2.09. The third kappa shape index (κ3) is 6.20. The summed E-state index contributed by atoms with van der Waals surface area (Å²) in [7, 11) is 0. The largest absolute Gasteiger partial charge is 0.490 e. The molecule has 2 aromatic carbocycles. The van der Waals surface area contributed by atoms with Crippen LogP contribution in [0.4, 0.5) is 0 Å². The van der Waals surface area contributed by atoms with Gasteiger partial charge in [-0.15, -0.1) is 6.58 Å². The molecule has 3 rings (SSSR count). The number of allylic oxidation sites excluding steroid dienone is 1. The van der Waals surface area contributed by atoms with Gasteiger partial charge in [-0.25, -0.2) is 4.98 Å². The maximum atomic E-state index is 13.4. The van der Waals surface area contributed by atoms with Crippen LogP contribution in [0.1, 0.15) is 70.3 Å². The fourth-order valence-electron chi connectivity index (χ4n) is 3.65. The molecule has 35 heavy (non-hydrogen) atoms. The highest BCUT2D eigenvalue weighted by atomic mass is 79.9. The summed E-state index contributed by atoms with van der Waals surface area (Å²) in [4.78, 5) is 18.2. The number of ether oxygens (including phenoxy) is 2. The fraction of sp³-hybridized carbons (Fsp3) is 0.393. The zero-order valence-corrected chi connectivity index (χ0v) is 22.8. The minimum absolute atomic E-state index is 0.0527. The molecule has 0 aliphatic carbocycles. The Bertz CT molecular complexity index is 1280. The first kappa shape index (κ1) is 26.7. The van der Waals surface area contributed by atoms with Crippen molar-refractivity contribution in [3.05, 3.63) is 74.8 Å². The van der Waals surface area contributed by atoms with Crippen molar-refractivity contribution in [2.24, 2.45) is 5.10 Å². The Balaban J connectivity index is 2.16. The average Bonchev–Trinajstić information content (AvgIpc) is 2.85. The van der Waals surface area contributed by atoms with E-state index in [9.17, 15) is 4.79 Å². The molecule has 6 nitrogen and oxygen atoms in total. The third-order valence-electron chi connectivity index (χ3n) is 5.92. The molecule has 1 heterocycles. The summed E-state index contributed by atoms with van der Waals surface area (Å²) < 4.78 is 14.4. The van der Waals surface area contributed by atoms with Crippen LogP contribution in [-0.4, -0.2) is 28.6 Å². The van der Waals surface area contributed by atoms with Crippen LogP contribution in [0.2, 0.25) is 0 Å². The van der Waals surface area contributed by atoms with Crippen LogP contribution in [0.15, 0.2) is 57.4 Å². The minimum Gasteiger partial charge on any atom is -0.490 e. The van der Waals surface area contributed by atoms with E-state index < -0.39 is 0 Å². The smallest absolute Gasteiger partial charge is 0.282 e. The van der Waals surface area contributed by atoms with Crippen molar-refractivity contribution < 1.29 is 9.47 Å². The van der Waals surface area contributed by atoms with Crippen LogP contribution in [0.5, 0.6) is 11.5 Å². The molecule has 0 aliphatic heterocycles. The average molecular weight is 541 g/mol. The number of aromatic nitrogens is 2.